The minimum absolute atomic E-state index is 0. The van der Waals surface area contributed by atoms with Crippen molar-refractivity contribution >= 4 is 36.0 Å². The highest BCUT2D eigenvalue weighted by molar-refractivity contribution is 14.0. The lowest BCUT2D eigenvalue weighted by atomic mass is 10.1. The van der Waals surface area contributed by atoms with E-state index in [4.69, 9.17) is 15.2 Å². The Kier molecular flexibility index (Phi) is 9.84. The summed E-state index contributed by atoms with van der Waals surface area (Å²) in [4.78, 5) is 20.3. The first-order chi connectivity index (χ1) is 12.8. The Balaban J connectivity index is 0.00000392. The van der Waals surface area contributed by atoms with Crippen LogP contribution in [0, 0.1) is 0 Å². The molecule has 0 unspecified atom stereocenters. The number of halogens is 1. The van der Waals surface area contributed by atoms with E-state index in [1.807, 2.05) is 50.8 Å². The maximum Gasteiger partial charge on any atom is 0.410 e. The van der Waals surface area contributed by atoms with Gasteiger partial charge in [-0.15, -0.1) is 24.0 Å². The number of hydrogen-bond acceptors (Lipinski definition) is 4. The van der Waals surface area contributed by atoms with Gasteiger partial charge in [0.2, 0.25) is 0 Å². The highest BCUT2D eigenvalue weighted by Gasteiger charge is 2.26. The molecule has 8 heteroatoms. The SMILES string of the molecule is CCOc1cccc(CCN=C(N)N2CCN(C(=O)OC(C)(C)C)CC2)c1.I. The van der Waals surface area contributed by atoms with Crippen molar-refractivity contribution in [2.75, 3.05) is 39.3 Å². The molecule has 1 heterocycles. The van der Waals surface area contributed by atoms with Gasteiger partial charge in [-0.05, 0) is 51.8 Å². The quantitative estimate of drug-likeness (QED) is 0.379. The van der Waals surface area contributed by atoms with E-state index in [1.54, 1.807) is 4.90 Å². The van der Waals surface area contributed by atoms with Crippen LogP contribution in [-0.2, 0) is 11.2 Å². The summed E-state index contributed by atoms with van der Waals surface area (Å²) in [5.74, 6) is 1.41. The molecule has 0 spiro atoms. The number of carbonyl (C=O) groups excluding carboxylic acids is 1. The van der Waals surface area contributed by atoms with Crippen molar-refractivity contribution < 1.29 is 14.3 Å². The lowest BCUT2D eigenvalue weighted by molar-refractivity contribution is 0.0186. The summed E-state index contributed by atoms with van der Waals surface area (Å²) < 4.78 is 10.9. The van der Waals surface area contributed by atoms with E-state index in [-0.39, 0.29) is 30.1 Å². The van der Waals surface area contributed by atoms with Crippen molar-refractivity contribution in [1.29, 1.82) is 0 Å². The van der Waals surface area contributed by atoms with E-state index in [0.717, 1.165) is 12.2 Å². The fraction of sp³-hybridized carbons (Fsp3) is 0.600. The first kappa shape index (κ1) is 24.3. The number of amides is 1. The predicted octanol–water partition coefficient (Wildman–Crippen LogP) is 3.11. The topological polar surface area (TPSA) is 80.4 Å². The molecule has 1 aromatic carbocycles. The van der Waals surface area contributed by atoms with E-state index in [9.17, 15) is 4.79 Å². The molecule has 7 nitrogen and oxygen atoms in total. The number of aliphatic imine (C=N–C) groups is 1. The van der Waals surface area contributed by atoms with E-state index in [2.05, 4.69) is 11.1 Å². The summed E-state index contributed by atoms with van der Waals surface area (Å²) in [5, 5.41) is 0. The Morgan fingerprint density at radius 3 is 2.43 bits per heavy atom. The monoisotopic (exact) mass is 504 g/mol. The van der Waals surface area contributed by atoms with Crippen molar-refractivity contribution in [2.45, 2.75) is 39.7 Å². The van der Waals surface area contributed by atoms with Gasteiger partial charge in [0.1, 0.15) is 11.4 Å². The molecule has 1 fully saturated rings. The van der Waals surface area contributed by atoms with E-state index >= 15 is 0 Å². The average Bonchev–Trinajstić information content (AvgIpc) is 2.61. The summed E-state index contributed by atoms with van der Waals surface area (Å²) >= 11 is 0. The molecule has 0 bridgehead atoms. The van der Waals surface area contributed by atoms with Crippen LogP contribution in [-0.4, -0.2) is 66.8 Å². The lowest BCUT2D eigenvalue weighted by Gasteiger charge is -2.36. The van der Waals surface area contributed by atoms with Gasteiger partial charge in [0.25, 0.3) is 0 Å². The zero-order valence-electron chi connectivity index (χ0n) is 17.3. The average molecular weight is 504 g/mol. The summed E-state index contributed by atoms with van der Waals surface area (Å²) in [7, 11) is 0. The smallest absolute Gasteiger partial charge is 0.410 e. The third-order valence-electron chi connectivity index (χ3n) is 4.14. The van der Waals surface area contributed by atoms with Crippen LogP contribution >= 0.6 is 24.0 Å². The van der Waals surface area contributed by atoms with Gasteiger partial charge in [-0.1, -0.05) is 12.1 Å². The second kappa shape index (κ2) is 11.3. The van der Waals surface area contributed by atoms with Crippen molar-refractivity contribution in [2.24, 2.45) is 10.7 Å². The van der Waals surface area contributed by atoms with Crippen molar-refractivity contribution in [3.05, 3.63) is 29.8 Å². The molecule has 1 aliphatic heterocycles. The standard InChI is InChI=1S/C20H32N4O3.HI/c1-5-26-17-8-6-7-16(15-17)9-10-22-18(21)23-11-13-24(14-12-23)19(25)27-20(2,3)4;/h6-8,15H,5,9-14H2,1-4H3,(H2,21,22);1H. The zero-order valence-corrected chi connectivity index (χ0v) is 19.6. The summed E-state index contributed by atoms with van der Waals surface area (Å²) in [6.45, 7) is 11.4. The van der Waals surface area contributed by atoms with E-state index in [0.29, 0.717) is 45.3 Å². The van der Waals surface area contributed by atoms with Gasteiger partial charge < -0.3 is 25.0 Å². The number of piperazine rings is 1. The lowest BCUT2D eigenvalue weighted by Crippen LogP contribution is -2.53. The van der Waals surface area contributed by atoms with Gasteiger partial charge >= 0.3 is 6.09 Å². The van der Waals surface area contributed by atoms with Crippen LogP contribution in [0.25, 0.3) is 0 Å². The third kappa shape index (κ3) is 8.12. The van der Waals surface area contributed by atoms with Crippen molar-refractivity contribution in [3.8, 4) is 5.75 Å². The van der Waals surface area contributed by atoms with Gasteiger partial charge in [-0.3, -0.25) is 4.99 Å². The second-order valence-corrected chi connectivity index (χ2v) is 7.52. The third-order valence-corrected chi connectivity index (χ3v) is 4.14. The highest BCUT2D eigenvalue weighted by atomic mass is 127. The van der Waals surface area contributed by atoms with Gasteiger partial charge in [-0.25, -0.2) is 4.79 Å². The summed E-state index contributed by atoms with van der Waals surface area (Å²) in [6, 6.07) is 8.04. The Bertz CT molecular complexity index is 653. The fourth-order valence-corrected chi connectivity index (χ4v) is 2.80. The normalized spacial score (nSPS) is 15.1. The van der Waals surface area contributed by atoms with Gasteiger partial charge in [-0.2, -0.15) is 0 Å². The number of ether oxygens (including phenoxy) is 2. The van der Waals surface area contributed by atoms with Crippen molar-refractivity contribution in [1.82, 2.24) is 9.80 Å². The molecule has 2 N–H and O–H groups in total. The van der Waals surface area contributed by atoms with Gasteiger partial charge in [0, 0.05) is 32.7 Å². The molecule has 0 radical (unpaired) electrons. The number of nitrogens with two attached hydrogens (primary N) is 1. The molecular weight excluding hydrogens is 471 g/mol. The number of rotatable bonds is 5. The summed E-state index contributed by atoms with van der Waals surface area (Å²) in [6.07, 6.45) is 0.534. The van der Waals surface area contributed by atoms with Crippen molar-refractivity contribution in [3.63, 3.8) is 0 Å². The van der Waals surface area contributed by atoms with Gasteiger partial charge in [0.05, 0.1) is 6.61 Å². The molecule has 0 aromatic heterocycles. The van der Waals surface area contributed by atoms with Gasteiger partial charge in [0.15, 0.2) is 5.96 Å². The molecule has 0 atom stereocenters. The van der Waals surface area contributed by atoms with Crippen LogP contribution in [0.15, 0.2) is 29.3 Å². The second-order valence-electron chi connectivity index (χ2n) is 7.52. The first-order valence-corrected chi connectivity index (χ1v) is 9.53. The molecular formula is C20H33IN4O3. The summed E-state index contributed by atoms with van der Waals surface area (Å²) in [5.41, 5.74) is 6.83. The van der Waals surface area contributed by atoms with E-state index in [1.165, 1.54) is 5.56 Å². The van der Waals surface area contributed by atoms with Crippen LogP contribution < -0.4 is 10.5 Å². The molecule has 0 aliphatic carbocycles. The Hall–Kier alpha value is -1.71. The predicted molar refractivity (Wildman–Crippen MR) is 123 cm³/mol. The molecule has 0 saturated carbocycles. The Morgan fingerprint density at radius 1 is 1.18 bits per heavy atom. The number of carbonyl (C=O) groups is 1. The maximum atomic E-state index is 12.1. The van der Waals surface area contributed by atoms with E-state index < -0.39 is 5.60 Å². The molecule has 1 amide bonds. The molecule has 2 rings (SSSR count). The number of nitrogens with zero attached hydrogens (tertiary/aromatic N) is 3. The molecule has 28 heavy (non-hydrogen) atoms. The van der Waals surface area contributed by atoms with Crippen LogP contribution in [0.2, 0.25) is 0 Å². The first-order valence-electron chi connectivity index (χ1n) is 9.53. The van der Waals surface area contributed by atoms with Crippen LogP contribution in [0.3, 0.4) is 0 Å². The highest BCUT2D eigenvalue weighted by Crippen LogP contribution is 2.14. The van der Waals surface area contributed by atoms with Crippen LogP contribution in [0.1, 0.15) is 33.3 Å². The minimum atomic E-state index is -0.478. The Labute approximate surface area is 185 Å². The number of benzene rings is 1. The molecule has 1 saturated heterocycles. The van der Waals surface area contributed by atoms with Crippen LogP contribution in [0.4, 0.5) is 4.79 Å². The number of hydrogen-bond donors (Lipinski definition) is 1. The molecule has 1 aliphatic rings. The fourth-order valence-electron chi connectivity index (χ4n) is 2.80. The largest absolute Gasteiger partial charge is 0.494 e. The number of guanidine groups is 1. The Morgan fingerprint density at radius 2 is 1.82 bits per heavy atom. The maximum absolute atomic E-state index is 12.1. The zero-order chi connectivity index (χ0) is 19.9. The molecule has 1 aromatic rings. The molecule has 158 valence electrons. The van der Waals surface area contributed by atoms with Crippen LogP contribution in [0.5, 0.6) is 5.75 Å². The minimum Gasteiger partial charge on any atom is -0.494 e.